The zero-order valence-electron chi connectivity index (χ0n) is 13.9. The molecule has 0 atom stereocenters. The molecule has 1 aromatic carbocycles. The summed E-state index contributed by atoms with van der Waals surface area (Å²) in [5.74, 6) is 1.02. The van der Waals surface area contributed by atoms with Crippen LogP contribution in [0.1, 0.15) is 44.7 Å². The van der Waals surface area contributed by atoms with Gasteiger partial charge in [0.05, 0.1) is 0 Å². The van der Waals surface area contributed by atoms with Crippen LogP contribution in [-0.4, -0.2) is 32.4 Å². The van der Waals surface area contributed by atoms with Gasteiger partial charge in [0, 0.05) is 25.8 Å². The third kappa shape index (κ3) is 5.01. The highest BCUT2D eigenvalue weighted by molar-refractivity contribution is 5.41. The van der Waals surface area contributed by atoms with Crippen LogP contribution in [0.25, 0.3) is 0 Å². The zero-order chi connectivity index (χ0) is 15.3. The van der Waals surface area contributed by atoms with E-state index in [0.29, 0.717) is 12.6 Å². The van der Waals surface area contributed by atoms with Gasteiger partial charge in [0.25, 0.3) is 0 Å². The fraction of sp³-hybridized carbons (Fsp3) is 0.667. The Balaban J connectivity index is 1.86. The van der Waals surface area contributed by atoms with Crippen molar-refractivity contribution in [2.75, 3.05) is 26.4 Å². The molecule has 0 amide bonds. The molecule has 1 aliphatic rings. The molecule has 118 valence electrons. The molecule has 0 spiro atoms. The third-order valence-corrected chi connectivity index (χ3v) is 3.96. The summed E-state index contributed by atoms with van der Waals surface area (Å²) in [7, 11) is 0. The third-order valence-electron chi connectivity index (χ3n) is 3.96. The van der Waals surface area contributed by atoms with Gasteiger partial charge in [-0.15, -0.1) is 0 Å². The second-order valence-corrected chi connectivity index (χ2v) is 6.94. The largest absolute Gasteiger partial charge is 0.492 e. The van der Waals surface area contributed by atoms with Gasteiger partial charge < -0.3 is 14.8 Å². The van der Waals surface area contributed by atoms with Gasteiger partial charge in [-0.2, -0.15) is 0 Å². The first kappa shape index (κ1) is 16.3. The van der Waals surface area contributed by atoms with Crippen LogP contribution in [0.5, 0.6) is 5.75 Å². The van der Waals surface area contributed by atoms with E-state index in [0.717, 1.165) is 38.3 Å². The molecule has 1 saturated heterocycles. The Morgan fingerprint density at radius 1 is 1.24 bits per heavy atom. The summed E-state index contributed by atoms with van der Waals surface area (Å²) < 4.78 is 11.4. The molecule has 0 bridgehead atoms. The quantitative estimate of drug-likeness (QED) is 0.843. The summed E-state index contributed by atoms with van der Waals surface area (Å²) in [6, 6.07) is 7.08. The Morgan fingerprint density at radius 3 is 2.62 bits per heavy atom. The maximum Gasteiger partial charge on any atom is 0.123 e. The van der Waals surface area contributed by atoms with E-state index >= 15 is 0 Å². The number of hydrogen-bond donors (Lipinski definition) is 1. The number of hydrogen-bond acceptors (Lipinski definition) is 3. The average Bonchev–Trinajstić information content (AvgIpc) is 2.43. The monoisotopic (exact) mass is 291 g/mol. The van der Waals surface area contributed by atoms with Crippen LogP contribution >= 0.6 is 0 Å². The lowest BCUT2D eigenvalue weighted by Crippen LogP contribution is -2.37. The van der Waals surface area contributed by atoms with E-state index in [1.54, 1.807) is 0 Å². The second-order valence-electron chi connectivity index (χ2n) is 6.94. The molecule has 21 heavy (non-hydrogen) atoms. The molecule has 0 radical (unpaired) electrons. The van der Waals surface area contributed by atoms with Crippen LogP contribution in [0.3, 0.4) is 0 Å². The Hall–Kier alpha value is -1.06. The van der Waals surface area contributed by atoms with E-state index < -0.39 is 0 Å². The van der Waals surface area contributed by atoms with Crippen LogP contribution < -0.4 is 10.1 Å². The summed E-state index contributed by atoms with van der Waals surface area (Å²) >= 11 is 0. The van der Waals surface area contributed by atoms with E-state index in [-0.39, 0.29) is 5.41 Å². The van der Waals surface area contributed by atoms with Crippen molar-refractivity contribution in [1.29, 1.82) is 0 Å². The Labute approximate surface area is 129 Å². The van der Waals surface area contributed by atoms with Crippen LogP contribution in [0, 0.1) is 6.92 Å². The molecule has 2 rings (SSSR count). The minimum Gasteiger partial charge on any atom is -0.492 e. The van der Waals surface area contributed by atoms with Crippen molar-refractivity contribution in [3.05, 3.63) is 29.3 Å². The molecule has 0 saturated carbocycles. The molecule has 0 aliphatic carbocycles. The van der Waals surface area contributed by atoms with Crippen molar-refractivity contribution in [3.63, 3.8) is 0 Å². The second kappa shape index (κ2) is 7.28. The molecule has 3 heteroatoms. The Bertz CT molecular complexity index is 445. The van der Waals surface area contributed by atoms with E-state index in [4.69, 9.17) is 9.47 Å². The lowest BCUT2D eigenvalue weighted by Gasteiger charge is -2.25. The lowest BCUT2D eigenvalue weighted by molar-refractivity contribution is 0.0770. The van der Waals surface area contributed by atoms with Gasteiger partial charge in [-0.25, -0.2) is 0 Å². The summed E-state index contributed by atoms with van der Waals surface area (Å²) in [6.45, 7) is 12.2. The fourth-order valence-corrected chi connectivity index (χ4v) is 2.69. The van der Waals surface area contributed by atoms with Gasteiger partial charge in [0.2, 0.25) is 0 Å². The van der Waals surface area contributed by atoms with E-state index in [2.05, 4.69) is 51.2 Å². The molecule has 3 nitrogen and oxygen atoms in total. The summed E-state index contributed by atoms with van der Waals surface area (Å²) in [5, 5.41) is 3.56. The van der Waals surface area contributed by atoms with Crippen molar-refractivity contribution in [2.45, 2.75) is 52.0 Å². The number of nitrogens with one attached hydrogen (secondary N) is 1. The minimum atomic E-state index is 0.108. The first-order valence-corrected chi connectivity index (χ1v) is 8.02. The number of benzene rings is 1. The minimum absolute atomic E-state index is 0.108. The van der Waals surface area contributed by atoms with Crippen molar-refractivity contribution in [3.8, 4) is 5.75 Å². The maximum atomic E-state index is 6.04. The fourth-order valence-electron chi connectivity index (χ4n) is 2.69. The standard InChI is InChI=1S/C18H29NO2/c1-14-5-6-16(18(2,3)4)17(13-14)21-12-9-19-15-7-10-20-11-8-15/h5-6,13,15,19H,7-12H2,1-4H3. The molecular formula is C18H29NO2. The van der Waals surface area contributed by atoms with Crippen molar-refractivity contribution in [1.82, 2.24) is 5.32 Å². The van der Waals surface area contributed by atoms with Crippen LogP contribution in [-0.2, 0) is 10.2 Å². The van der Waals surface area contributed by atoms with Gasteiger partial charge in [0.1, 0.15) is 12.4 Å². The van der Waals surface area contributed by atoms with Crippen LogP contribution in [0.4, 0.5) is 0 Å². The Kier molecular flexibility index (Phi) is 5.65. The van der Waals surface area contributed by atoms with Gasteiger partial charge in [-0.05, 0) is 42.4 Å². The Morgan fingerprint density at radius 2 is 1.95 bits per heavy atom. The molecule has 1 fully saturated rings. The predicted octanol–water partition coefficient (Wildman–Crippen LogP) is 3.44. The van der Waals surface area contributed by atoms with Gasteiger partial charge >= 0.3 is 0 Å². The smallest absolute Gasteiger partial charge is 0.123 e. The summed E-state index contributed by atoms with van der Waals surface area (Å²) in [4.78, 5) is 0. The highest BCUT2D eigenvalue weighted by atomic mass is 16.5. The molecule has 1 aliphatic heterocycles. The highest BCUT2D eigenvalue weighted by Gasteiger charge is 2.19. The molecular weight excluding hydrogens is 262 g/mol. The predicted molar refractivity (Wildman–Crippen MR) is 87.2 cm³/mol. The summed E-state index contributed by atoms with van der Waals surface area (Å²) in [6.07, 6.45) is 2.22. The van der Waals surface area contributed by atoms with E-state index in [1.807, 2.05) is 0 Å². The van der Waals surface area contributed by atoms with Crippen molar-refractivity contribution < 1.29 is 9.47 Å². The van der Waals surface area contributed by atoms with Gasteiger partial charge in [0.15, 0.2) is 0 Å². The molecule has 1 N–H and O–H groups in total. The molecule has 0 unspecified atom stereocenters. The molecule has 0 aromatic heterocycles. The number of ether oxygens (including phenoxy) is 2. The first-order valence-electron chi connectivity index (χ1n) is 8.02. The van der Waals surface area contributed by atoms with Crippen LogP contribution in [0.15, 0.2) is 18.2 Å². The first-order chi connectivity index (χ1) is 9.97. The highest BCUT2D eigenvalue weighted by Crippen LogP contribution is 2.31. The van der Waals surface area contributed by atoms with E-state index in [1.165, 1.54) is 11.1 Å². The SMILES string of the molecule is Cc1ccc(C(C)(C)C)c(OCCNC2CCOCC2)c1. The molecule has 1 aromatic rings. The zero-order valence-corrected chi connectivity index (χ0v) is 13.9. The van der Waals surface area contributed by atoms with Gasteiger partial charge in [-0.3, -0.25) is 0 Å². The normalized spacial score (nSPS) is 17.0. The number of rotatable bonds is 5. The van der Waals surface area contributed by atoms with E-state index in [9.17, 15) is 0 Å². The lowest BCUT2D eigenvalue weighted by atomic mass is 9.86. The average molecular weight is 291 g/mol. The number of aryl methyl sites for hydroxylation is 1. The maximum absolute atomic E-state index is 6.04. The molecule has 1 heterocycles. The topological polar surface area (TPSA) is 30.5 Å². The summed E-state index contributed by atoms with van der Waals surface area (Å²) in [5.41, 5.74) is 2.63. The van der Waals surface area contributed by atoms with Crippen molar-refractivity contribution >= 4 is 0 Å². The van der Waals surface area contributed by atoms with Crippen LogP contribution in [0.2, 0.25) is 0 Å². The van der Waals surface area contributed by atoms with Crippen molar-refractivity contribution in [2.24, 2.45) is 0 Å². The van der Waals surface area contributed by atoms with Gasteiger partial charge in [-0.1, -0.05) is 32.9 Å².